The van der Waals surface area contributed by atoms with Crippen molar-refractivity contribution in [2.24, 2.45) is 5.92 Å². The molecule has 17 heavy (non-hydrogen) atoms. The van der Waals surface area contributed by atoms with Gasteiger partial charge >= 0.3 is 0 Å². The highest BCUT2D eigenvalue weighted by Gasteiger charge is 2.19. The Labute approximate surface area is 104 Å². The Morgan fingerprint density at radius 2 is 2.12 bits per heavy atom. The minimum atomic E-state index is 0.240. The van der Waals surface area contributed by atoms with Crippen molar-refractivity contribution in [2.75, 3.05) is 6.54 Å². The Bertz CT molecular complexity index is 354. The zero-order valence-corrected chi connectivity index (χ0v) is 11.1. The largest absolute Gasteiger partial charge is 0.491 e. The Hall–Kier alpha value is -1.02. The second-order valence-corrected chi connectivity index (χ2v) is 5.38. The minimum absolute atomic E-state index is 0.240. The van der Waals surface area contributed by atoms with E-state index in [0.29, 0.717) is 6.04 Å². The van der Waals surface area contributed by atoms with Gasteiger partial charge in [0.1, 0.15) is 5.75 Å². The zero-order chi connectivity index (χ0) is 12.3. The zero-order valence-electron chi connectivity index (χ0n) is 11.1. The third kappa shape index (κ3) is 3.47. The number of rotatable bonds is 3. The van der Waals surface area contributed by atoms with Crippen LogP contribution in [0.2, 0.25) is 0 Å². The topological polar surface area (TPSA) is 21.3 Å². The van der Waals surface area contributed by atoms with Crippen molar-refractivity contribution < 1.29 is 4.74 Å². The van der Waals surface area contributed by atoms with Crippen LogP contribution >= 0.6 is 0 Å². The van der Waals surface area contributed by atoms with Crippen molar-refractivity contribution in [1.29, 1.82) is 0 Å². The lowest BCUT2D eigenvalue weighted by Crippen LogP contribution is -2.31. The molecule has 1 aliphatic rings. The molecule has 2 unspecified atom stereocenters. The van der Waals surface area contributed by atoms with Gasteiger partial charge in [-0.3, -0.25) is 0 Å². The Morgan fingerprint density at radius 3 is 2.76 bits per heavy atom. The first kappa shape index (κ1) is 12.4. The van der Waals surface area contributed by atoms with Crippen LogP contribution in [0.5, 0.6) is 5.75 Å². The number of ether oxygens (including phenoxy) is 1. The monoisotopic (exact) mass is 233 g/mol. The van der Waals surface area contributed by atoms with Crippen molar-refractivity contribution in [1.82, 2.24) is 5.32 Å². The van der Waals surface area contributed by atoms with Crippen LogP contribution in [-0.4, -0.2) is 12.6 Å². The second kappa shape index (κ2) is 5.54. The molecule has 2 nitrogen and oxygen atoms in total. The lowest BCUT2D eigenvalue weighted by molar-refractivity contribution is 0.241. The first-order valence-electron chi connectivity index (χ1n) is 6.65. The lowest BCUT2D eigenvalue weighted by Gasteiger charge is -2.28. The molecule has 0 aromatic heterocycles. The van der Waals surface area contributed by atoms with Crippen LogP contribution in [-0.2, 0) is 0 Å². The maximum atomic E-state index is 5.74. The lowest BCUT2D eigenvalue weighted by atomic mass is 9.92. The van der Waals surface area contributed by atoms with E-state index >= 15 is 0 Å². The summed E-state index contributed by atoms with van der Waals surface area (Å²) in [5.41, 5.74) is 1.36. The molecule has 1 heterocycles. The van der Waals surface area contributed by atoms with E-state index in [-0.39, 0.29) is 6.10 Å². The van der Waals surface area contributed by atoms with E-state index in [9.17, 15) is 0 Å². The summed E-state index contributed by atoms with van der Waals surface area (Å²) in [5, 5.41) is 3.61. The summed E-state index contributed by atoms with van der Waals surface area (Å²) in [6, 6.07) is 9.00. The Balaban J connectivity index is 2.05. The quantitative estimate of drug-likeness (QED) is 0.862. The molecular weight excluding hydrogens is 210 g/mol. The molecule has 1 aliphatic heterocycles. The fourth-order valence-electron chi connectivity index (χ4n) is 2.36. The van der Waals surface area contributed by atoms with Crippen LogP contribution in [0.25, 0.3) is 0 Å². The predicted octanol–water partition coefficient (Wildman–Crippen LogP) is 3.53. The summed E-state index contributed by atoms with van der Waals surface area (Å²) >= 11 is 0. The maximum Gasteiger partial charge on any atom is 0.120 e. The number of hydrogen-bond donors (Lipinski definition) is 1. The molecule has 1 N–H and O–H groups in total. The molecule has 2 heteroatoms. The molecule has 0 radical (unpaired) electrons. The van der Waals surface area contributed by atoms with Gasteiger partial charge in [-0.1, -0.05) is 19.1 Å². The number of piperidine rings is 1. The average molecular weight is 233 g/mol. The SMILES string of the molecule is CC1CCC(c2cccc(OC(C)C)c2)NC1. The van der Waals surface area contributed by atoms with Gasteiger partial charge in [0, 0.05) is 6.04 Å². The highest BCUT2D eigenvalue weighted by atomic mass is 16.5. The second-order valence-electron chi connectivity index (χ2n) is 5.38. The molecule has 0 spiro atoms. The number of hydrogen-bond acceptors (Lipinski definition) is 2. The van der Waals surface area contributed by atoms with E-state index in [1.807, 2.05) is 6.07 Å². The molecule has 1 aromatic carbocycles. The summed E-state index contributed by atoms with van der Waals surface area (Å²) in [4.78, 5) is 0. The summed E-state index contributed by atoms with van der Waals surface area (Å²) in [5.74, 6) is 1.79. The predicted molar refractivity (Wildman–Crippen MR) is 71.3 cm³/mol. The standard InChI is InChI=1S/C15H23NO/c1-11(2)17-14-6-4-5-13(9-14)15-8-7-12(3)10-16-15/h4-6,9,11-12,15-16H,7-8,10H2,1-3H3. The van der Waals surface area contributed by atoms with Gasteiger partial charge in [0.2, 0.25) is 0 Å². The molecule has 0 bridgehead atoms. The van der Waals surface area contributed by atoms with Gasteiger partial charge in [0.25, 0.3) is 0 Å². The van der Waals surface area contributed by atoms with Gasteiger partial charge < -0.3 is 10.1 Å². The Kier molecular flexibility index (Phi) is 4.06. The molecule has 2 atom stereocenters. The molecule has 1 saturated heterocycles. The van der Waals surface area contributed by atoms with Crippen molar-refractivity contribution in [2.45, 2.75) is 45.8 Å². The average Bonchev–Trinajstić information content (AvgIpc) is 2.29. The van der Waals surface area contributed by atoms with Gasteiger partial charge in [-0.05, 0) is 56.8 Å². The van der Waals surface area contributed by atoms with Gasteiger partial charge in [-0.2, -0.15) is 0 Å². The molecule has 94 valence electrons. The van der Waals surface area contributed by atoms with Gasteiger partial charge in [0.15, 0.2) is 0 Å². The van der Waals surface area contributed by atoms with Crippen molar-refractivity contribution in [3.63, 3.8) is 0 Å². The molecule has 1 fully saturated rings. The van der Waals surface area contributed by atoms with Crippen LogP contribution in [0, 0.1) is 5.92 Å². The fraction of sp³-hybridized carbons (Fsp3) is 0.600. The fourth-order valence-corrected chi connectivity index (χ4v) is 2.36. The minimum Gasteiger partial charge on any atom is -0.491 e. The molecule has 0 aliphatic carbocycles. The smallest absolute Gasteiger partial charge is 0.120 e. The molecule has 0 amide bonds. The summed E-state index contributed by atoms with van der Waals surface area (Å²) in [7, 11) is 0. The van der Waals surface area contributed by atoms with E-state index in [4.69, 9.17) is 4.74 Å². The van der Waals surface area contributed by atoms with Gasteiger partial charge in [-0.25, -0.2) is 0 Å². The van der Waals surface area contributed by atoms with Crippen LogP contribution in [0.15, 0.2) is 24.3 Å². The van der Waals surface area contributed by atoms with Crippen molar-refractivity contribution in [3.05, 3.63) is 29.8 Å². The van der Waals surface area contributed by atoms with Crippen LogP contribution in [0.1, 0.15) is 45.2 Å². The van der Waals surface area contributed by atoms with E-state index < -0.39 is 0 Å². The first-order valence-corrected chi connectivity index (χ1v) is 6.65. The van der Waals surface area contributed by atoms with Crippen LogP contribution in [0.4, 0.5) is 0 Å². The Morgan fingerprint density at radius 1 is 1.29 bits per heavy atom. The molecule has 1 aromatic rings. The molecular formula is C15H23NO. The summed E-state index contributed by atoms with van der Waals surface area (Å²) < 4.78 is 5.74. The van der Waals surface area contributed by atoms with E-state index in [2.05, 4.69) is 44.3 Å². The molecule has 2 rings (SSSR count). The van der Waals surface area contributed by atoms with E-state index in [1.54, 1.807) is 0 Å². The van der Waals surface area contributed by atoms with E-state index in [0.717, 1.165) is 18.2 Å². The third-order valence-corrected chi connectivity index (χ3v) is 3.29. The normalized spacial score (nSPS) is 24.9. The number of benzene rings is 1. The summed E-state index contributed by atoms with van der Waals surface area (Å²) in [6.45, 7) is 7.56. The van der Waals surface area contributed by atoms with E-state index in [1.165, 1.54) is 18.4 Å². The first-order chi connectivity index (χ1) is 8.15. The summed E-state index contributed by atoms with van der Waals surface area (Å²) in [6.07, 6.45) is 2.78. The van der Waals surface area contributed by atoms with Crippen molar-refractivity contribution in [3.8, 4) is 5.75 Å². The van der Waals surface area contributed by atoms with Crippen molar-refractivity contribution >= 4 is 0 Å². The molecule has 0 saturated carbocycles. The highest BCUT2D eigenvalue weighted by molar-refractivity contribution is 5.31. The number of nitrogens with one attached hydrogen (secondary N) is 1. The van der Waals surface area contributed by atoms with Gasteiger partial charge in [0.05, 0.1) is 6.10 Å². The maximum absolute atomic E-state index is 5.74. The van der Waals surface area contributed by atoms with Crippen LogP contribution < -0.4 is 10.1 Å². The third-order valence-electron chi connectivity index (χ3n) is 3.29. The highest BCUT2D eigenvalue weighted by Crippen LogP contribution is 2.27. The van der Waals surface area contributed by atoms with Crippen LogP contribution in [0.3, 0.4) is 0 Å². The van der Waals surface area contributed by atoms with Gasteiger partial charge in [-0.15, -0.1) is 0 Å².